The van der Waals surface area contributed by atoms with E-state index in [2.05, 4.69) is 16.3 Å². The highest BCUT2D eigenvalue weighted by Gasteiger charge is 2.35. The van der Waals surface area contributed by atoms with Crippen LogP contribution in [0.25, 0.3) is 0 Å². The number of fused-ring (bicyclic) bond motifs is 3. The van der Waals surface area contributed by atoms with Crippen molar-refractivity contribution in [1.82, 2.24) is 5.32 Å². The van der Waals surface area contributed by atoms with E-state index in [4.69, 9.17) is 4.42 Å². The summed E-state index contributed by atoms with van der Waals surface area (Å²) in [5.74, 6) is 0.773. The molecule has 2 aliphatic rings. The molecule has 2 aromatic rings. The number of anilines is 2. The van der Waals surface area contributed by atoms with Crippen LogP contribution >= 0.6 is 0 Å². The fourth-order valence-electron chi connectivity index (χ4n) is 4.05. The molecule has 0 unspecified atom stereocenters. The van der Waals surface area contributed by atoms with Gasteiger partial charge in [-0.2, -0.15) is 0 Å². The van der Waals surface area contributed by atoms with Gasteiger partial charge in [-0.05, 0) is 37.1 Å². The summed E-state index contributed by atoms with van der Waals surface area (Å²) in [5, 5.41) is 2.86. The molecule has 1 N–H and O–H groups in total. The standard InChI is InChI=1S/C21H25N3O3/c25-20(22-12-11-17-6-4-14-27-17)9-10-21(26)24-15-16-5-3-13-23(16)18-7-1-2-8-19(18)24/h1-2,4,6-8,14,16H,3,5,9-13,15H2,(H,22,25)/t16-/m1/s1. The monoisotopic (exact) mass is 367 g/mol. The first-order valence-corrected chi connectivity index (χ1v) is 9.67. The molecule has 142 valence electrons. The Morgan fingerprint density at radius 1 is 1.11 bits per heavy atom. The van der Waals surface area contributed by atoms with E-state index < -0.39 is 0 Å². The average molecular weight is 367 g/mol. The van der Waals surface area contributed by atoms with Crippen molar-refractivity contribution in [1.29, 1.82) is 0 Å². The SMILES string of the molecule is O=C(CCC(=O)N1C[C@H]2CCCN2c2ccccc21)NCCc1ccco1. The molecule has 0 bridgehead atoms. The predicted octanol–water partition coefficient (Wildman–Crippen LogP) is 2.73. The van der Waals surface area contributed by atoms with Crippen molar-refractivity contribution in [2.45, 2.75) is 38.1 Å². The lowest BCUT2D eigenvalue weighted by Crippen LogP contribution is -2.48. The van der Waals surface area contributed by atoms with Crippen molar-refractivity contribution < 1.29 is 14.0 Å². The summed E-state index contributed by atoms with van der Waals surface area (Å²) < 4.78 is 5.24. The number of amides is 2. The number of nitrogens with zero attached hydrogens (tertiary/aromatic N) is 2. The van der Waals surface area contributed by atoms with Crippen molar-refractivity contribution in [3.63, 3.8) is 0 Å². The fourth-order valence-corrected chi connectivity index (χ4v) is 4.05. The second kappa shape index (κ2) is 7.86. The van der Waals surface area contributed by atoms with E-state index in [9.17, 15) is 9.59 Å². The molecule has 27 heavy (non-hydrogen) atoms. The lowest BCUT2D eigenvalue weighted by molar-refractivity contribution is -0.125. The number of para-hydroxylation sites is 2. The van der Waals surface area contributed by atoms with Crippen LogP contribution in [0.5, 0.6) is 0 Å². The topological polar surface area (TPSA) is 65.8 Å². The number of rotatable bonds is 6. The summed E-state index contributed by atoms with van der Waals surface area (Å²) in [5.41, 5.74) is 2.11. The largest absolute Gasteiger partial charge is 0.469 e. The maximum absolute atomic E-state index is 12.8. The van der Waals surface area contributed by atoms with Crippen LogP contribution in [0.4, 0.5) is 11.4 Å². The Morgan fingerprint density at radius 3 is 2.78 bits per heavy atom. The number of hydrogen-bond acceptors (Lipinski definition) is 4. The number of furan rings is 1. The van der Waals surface area contributed by atoms with Crippen LogP contribution in [0.3, 0.4) is 0 Å². The number of nitrogens with one attached hydrogen (secondary N) is 1. The van der Waals surface area contributed by atoms with Crippen LogP contribution in [0.1, 0.15) is 31.4 Å². The van der Waals surface area contributed by atoms with Gasteiger partial charge in [-0.25, -0.2) is 0 Å². The molecule has 2 aliphatic heterocycles. The molecule has 1 aromatic heterocycles. The van der Waals surface area contributed by atoms with Crippen LogP contribution in [0, 0.1) is 0 Å². The Balaban J connectivity index is 1.31. The Kier molecular flexibility index (Phi) is 5.14. The van der Waals surface area contributed by atoms with Gasteiger partial charge in [-0.15, -0.1) is 0 Å². The molecule has 1 fully saturated rings. The second-order valence-electron chi connectivity index (χ2n) is 7.16. The third-order valence-corrected chi connectivity index (χ3v) is 5.39. The quantitative estimate of drug-likeness (QED) is 0.853. The zero-order valence-corrected chi connectivity index (χ0v) is 15.4. The number of hydrogen-bond donors (Lipinski definition) is 1. The molecule has 0 aliphatic carbocycles. The molecule has 6 heteroatoms. The number of benzene rings is 1. The Hall–Kier alpha value is -2.76. The third kappa shape index (κ3) is 3.84. The molecule has 0 radical (unpaired) electrons. The molecule has 0 saturated carbocycles. The first-order valence-electron chi connectivity index (χ1n) is 9.67. The summed E-state index contributed by atoms with van der Waals surface area (Å²) in [6.07, 6.45) is 5.00. The molecule has 1 aromatic carbocycles. The summed E-state index contributed by atoms with van der Waals surface area (Å²) in [7, 11) is 0. The van der Waals surface area contributed by atoms with Crippen molar-refractivity contribution in [3.8, 4) is 0 Å². The molecule has 1 saturated heterocycles. The summed E-state index contributed by atoms with van der Waals surface area (Å²) >= 11 is 0. The predicted molar refractivity (Wildman–Crippen MR) is 104 cm³/mol. The van der Waals surface area contributed by atoms with Gasteiger partial charge >= 0.3 is 0 Å². The van der Waals surface area contributed by atoms with E-state index in [1.165, 1.54) is 6.42 Å². The van der Waals surface area contributed by atoms with E-state index in [0.29, 0.717) is 19.0 Å². The van der Waals surface area contributed by atoms with Crippen LogP contribution in [0.15, 0.2) is 47.1 Å². The zero-order valence-electron chi connectivity index (χ0n) is 15.4. The Labute approximate surface area is 159 Å². The lowest BCUT2D eigenvalue weighted by Gasteiger charge is -2.40. The van der Waals surface area contributed by atoms with Crippen molar-refractivity contribution in [2.75, 3.05) is 29.4 Å². The summed E-state index contributed by atoms with van der Waals surface area (Å²) in [6.45, 7) is 2.29. The molecule has 2 amide bonds. The highest BCUT2D eigenvalue weighted by molar-refractivity contribution is 5.99. The smallest absolute Gasteiger partial charge is 0.227 e. The van der Waals surface area contributed by atoms with Crippen LogP contribution in [-0.4, -0.2) is 37.5 Å². The fraction of sp³-hybridized carbons (Fsp3) is 0.429. The van der Waals surface area contributed by atoms with Gasteiger partial charge < -0.3 is 19.5 Å². The Bertz CT molecular complexity index is 803. The lowest BCUT2D eigenvalue weighted by atomic mass is 10.1. The first-order chi connectivity index (χ1) is 13.2. The summed E-state index contributed by atoms with van der Waals surface area (Å²) in [6, 6.07) is 12.2. The van der Waals surface area contributed by atoms with Crippen molar-refractivity contribution >= 4 is 23.2 Å². The Morgan fingerprint density at radius 2 is 1.96 bits per heavy atom. The van der Waals surface area contributed by atoms with Crippen molar-refractivity contribution in [3.05, 3.63) is 48.4 Å². The zero-order chi connectivity index (χ0) is 18.6. The van der Waals surface area contributed by atoms with E-state index in [1.807, 2.05) is 35.2 Å². The van der Waals surface area contributed by atoms with Gasteiger partial charge in [0.1, 0.15) is 5.76 Å². The number of carbonyl (C=O) groups is 2. The van der Waals surface area contributed by atoms with Crippen LogP contribution in [0.2, 0.25) is 0 Å². The third-order valence-electron chi connectivity index (χ3n) is 5.39. The molecule has 4 rings (SSSR count). The van der Waals surface area contributed by atoms with Gasteiger partial charge in [-0.1, -0.05) is 12.1 Å². The molecule has 0 spiro atoms. The van der Waals surface area contributed by atoms with Crippen LogP contribution < -0.4 is 15.1 Å². The summed E-state index contributed by atoms with van der Waals surface area (Å²) in [4.78, 5) is 29.2. The molecular formula is C21H25N3O3. The van der Waals surface area contributed by atoms with Crippen LogP contribution in [-0.2, 0) is 16.0 Å². The van der Waals surface area contributed by atoms with E-state index in [-0.39, 0.29) is 24.7 Å². The van der Waals surface area contributed by atoms with Gasteiger partial charge in [0, 0.05) is 44.9 Å². The maximum atomic E-state index is 12.8. The minimum atomic E-state index is -0.0947. The highest BCUT2D eigenvalue weighted by Crippen LogP contribution is 2.39. The molecule has 1 atom stereocenters. The van der Waals surface area contributed by atoms with Crippen molar-refractivity contribution in [2.24, 2.45) is 0 Å². The normalized spacial score (nSPS) is 18.1. The van der Waals surface area contributed by atoms with Gasteiger partial charge in [0.25, 0.3) is 0 Å². The highest BCUT2D eigenvalue weighted by atomic mass is 16.3. The minimum absolute atomic E-state index is 0.0233. The average Bonchev–Trinajstić information content (AvgIpc) is 3.37. The van der Waals surface area contributed by atoms with Gasteiger partial charge in [0.15, 0.2) is 0 Å². The van der Waals surface area contributed by atoms with Gasteiger partial charge in [0.2, 0.25) is 11.8 Å². The van der Waals surface area contributed by atoms with E-state index in [1.54, 1.807) is 6.26 Å². The first kappa shape index (κ1) is 17.6. The minimum Gasteiger partial charge on any atom is -0.469 e. The van der Waals surface area contributed by atoms with Gasteiger partial charge in [0.05, 0.1) is 17.6 Å². The molecule has 6 nitrogen and oxygen atoms in total. The number of carbonyl (C=O) groups excluding carboxylic acids is 2. The van der Waals surface area contributed by atoms with E-state index >= 15 is 0 Å². The maximum Gasteiger partial charge on any atom is 0.227 e. The molecule has 3 heterocycles. The van der Waals surface area contributed by atoms with E-state index in [0.717, 1.165) is 36.6 Å². The van der Waals surface area contributed by atoms with Gasteiger partial charge in [-0.3, -0.25) is 9.59 Å². The molecular weight excluding hydrogens is 342 g/mol. The second-order valence-corrected chi connectivity index (χ2v) is 7.16.